The van der Waals surface area contributed by atoms with Crippen LogP contribution in [0.5, 0.6) is 34.5 Å². The van der Waals surface area contributed by atoms with Gasteiger partial charge in [-0.25, -0.2) is 0 Å². The van der Waals surface area contributed by atoms with Gasteiger partial charge in [0.25, 0.3) is 0 Å². The van der Waals surface area contributed by atoms with Gasteiger partial charge in [-0.3, -0.25) is 4.79 Å². The minimum Gasteiger partial charge on any atom is -0.504 e. The van der Waals surface area contributed by atoms with Gasteiger partial charge in [-0.2, -0.15) is 0 Å². The summed E-state index contributed by atoms with van der Waals surface area (Å²) >= 11 is 0. The zero-order chi connectivity index (χ0) is 24.9. The molecular weight excluding hydrogens is 460 g/mol. The SMILES string of the molecule is O=c1c(-c2cc(O)c(O)c(O)c2)coc2cc(O)c(O)c(OC3OC(CO)C(O)C(O)C3O)c12. The summed E-state index contributed by atoms with van der Waals surface area (Å²) < 4.78 is 16.0. The molecule has 0 saturated carbocycles. The Balaban J connectivity index is 1.88. The molecule has 0 bridgehead atoms. The third-order valence-corrected chi connectivity index (χ3v) is 5.44. The normalized spacial score (nSPS) is 24.9. The molecule has 13 nitrogen and oxygen atoms in total. The Morgan fingerprint density at radius 3 is 2.09 bits per heavy atom. The highest BCUT2D eigenvalue weighted by molar-refractivity contribution is 5.91. The van der Waals surface area contributed by atoms with Crippen LogP contribution in [0.1, 0.15) is 0 Å². The molecule has 5 unspecified atom stereocenters. The number of ether oxygens (including phenoxy) is 2. The fourth-order valence-corrected chi connectivity index (χ4v) is 3.58. The second-order valence-corrected chi connectivity index (χ2v) is 7.60. The molecule has 2 heterocycles. The molecule has 13 heteroatoms. The first-order valence-corrected chi connectivity index (χ1v) is 9.78. The summed E-state index contributed by atoms with van der Waals surface area (Å²) in [5.41, 5.74) is -1.52. The fourth-order valence-electron chi connectivity index (χ4n) is 3.58. The Hall–Kier alpha value is -3.75. The predicted molar refractivity (Wildman–Crippen MR) is 111 cm³/mol. The summed E-state index contributed by atoms with van der Waals surface area (Å²) in [5, 5.41) is 88.5. The van der Waals surface area contributed by atoms with Crippen molar-refractivity contribution in [1.29, 1.82) is 0 Å². The second-order valence-electron chi connectivity index (χ2n) is 7.60. The lowest BCUT2D eigenvalue weighted by molar-refractivity contribution is -0.277. The Kier molecular flexibility index (Phi) is 5.89. The Bertz CT molecular complexity index is 1280. The number of phenolic OH excluding ortho intramolecular Hbond substituents is 5. The molecule has 2 aromatic carbocycles. The van der Waals surface area contributed by atoms with Crippen molar-refractivity contribution in [3.05, 3.63) is 34.7 Å². The first-order valence-electron chi connectivity index (χ1n) is 9.78. The molecule has 1 saturated heterocycles. The smallest absolute Gasteiger partial charge is 0.229 e. The monoisotopic (exact) mass is 480 g/mol. The van der Waals surface area contributed by atoms with Crippen molar-refractivity contribution in [2.24, 2.45) is 0 Å². The summed E-state index contributed by atoms with van der Waals surface area (Å²) in [6, 6.07) is 2.83. The Morgan fingerprint density at radius 1 is 0.853 bits per heavy atom. The zero-order valence-electron chi connectivity index (χ0n) is 17.1. The number of aliphatic hydroxyl groups excluding tert-OH is 4. The van der Waals surface area contributed by atoms with Gasteiger partial charge in [0.2, 0.25) is 17.5 Å². The van der Waals surface area contributed by atoms with Crippen LogP contribution >= 0.6 is 0 Å². The maximum Gasteiger partial charge on any atom is 0.229 e. The number of phenols is 5. The van der Waals surface area contributed by atoms with Crippen molar-refractivity contribution < 1.29 is 59.8 Å². The van der Waals surface area contributed by atoms with E-state index in [1.807, 2.05) is 0 Å². The molecule has 1 aromatic heterocycles. The quantitative estimate of drug-likeness (QED) is 0.208. The van der Waals surface area contributed by atoms with Crippen molar-refractivity contribution >= 4 is 11.0 Å². The van der Waals surface area contributed by atoms with E-state index in [1.54, 1.807) is 0 Å². The summed E-state index contributed by atoms with van der Waals surface area (Å²) in [6.07, 6.45) is -7.64. The number of fused-ring (bicyclic) bond motifs is 1. The van der Waals surface area contributed by atoms with Gasteiger partial charge in [0.1, 0.15) is 41.6 Å². The van der Waals surface area contributed by atoms with E-state index in [9.17, 15) is 50.8 Å². The van der Waals surface area contributed by atoms with E-state index in [-0.39, 0.29) is 16.7 Å². The van der Waals surface area contributed by atoms with E-state index in [0.29, 0.717) is 0 Å². The molecule has 0 radical (unpaired) electrons. The molecule has 1 fully saturated rings. The van der Waals surface area contributed by atoms with Gasteiger partial charge in [0.05, 0.1) is 12.2 Å². The first-order chi connectivity index (χ1) is 16.0. The summed E-state index contributed by atoms with van der Waals surface area (Å²) in [4.78, 5) is 13.3. The maximum absolute atomic E-state index is 13.3. The van der Waals surface area contributed by atoms with Crippen molar-refractivity contribution in [2.45, 2.75) is 30.7 Å². The number of rotatable bonds is 4. The van der Waals surface area contributed by atoms with E-state index in [2.05, 4.69) is 0 Å². The number of aromatic hydroxyl groups is 5. The van der Waals surface area contributed by atoms with Gasteiger partial charge in [0.15, 0.2) is 28.7 Å². The number of hydrogen-bond donors (Lipinski definition) is 9. The van der Waals surface area contributed by atoms with Crippen molar-refractivity contribution in [3.63, 3.8) is 0 Å². The predicted octanol–water partition coefficient (Wildman–Crippen LogP) is -0.833. The minimum atomic E-state index is -1.89. The lowest BCUT2D eigenvalue weighted by Gasteiger charge is -2.39. The standard InChI is InChI=1S/C21H20O13/c22-4-12-17(29)18(30)19(31)21(33-12)34-20-13-11(3-10(25)16(20)28)32-5-7(14(13)26)6-1-8(23)15(27)9(24)2-6/h1-3,5,12,17-19,21-25,27-31H,4H2. The van der Waals surface area contributed by atoms with E-state index in [4.69, 9.17) is 13.9 Å². The molecule has 4 rings (SSSR count). The lowest BCUT2D eigenvalue weighted by atomic mass is 9.99. The molecular formula is C21H20O13. The maximum atomic E-state index is 13.3. The molecule has 0 amide bonds. The van der Waals surface area contributed by atoms with Gasteiger partial charge < -0.3 is 59.8 Å². The average molecular weight is 480 g/mol. The van der Waals surface area contributed by atoms with Gasteiger partial charge in [-0.1, -0.05) is 0 Å². The Labute approximate surface area is 189 Å². The van der Waals surface area contributed by atoms with Crippen LogP contribution in [-0.4, -0.2) is 83.3 Å². The van der Waals surface area contributed by atoms with Gasteiger partial charge in [-0.15, -0.1) is 0 Å². The molecule has 0 spiro atoms. The van der Waals surface area contributed by atoms with Crippen LogP contribution in [-0.2, 0) is 4.74 Å². The minimum absolute atomic E-state index is 0.0881. The molecule has 3 aromatic rings. The van der Waals surface area contributed by atoms with Crippen LogP contribution in [0.4, 0.5) is 0 Å². The van der Waals surface area contributed by atoms with Gasteiger partial charge >= 0.3 is 0 Å². The van der Waals surface area contributed by atoms with E-state index < -0.39 is 82.6 Å². The van der Waals surface area contributed by atoms with Crippen LogP contribution in [0.25, 0.3) is 22.1 Å². The fraction of sp³-hybridized carbons (Fsp3) is 0.286. The van der Waals surface area contributed by atoms with Crippen LogP contribution in [0.15, 0.2) is 33.7 Å². The summed E-state index contributed by atoms with van der Waals surface area (Å²) in [7, 11) is 0. The van der Waals surface area contributed by atoms with Gasteiger partial charge in [0, 0.05) is 6.07 Å². The highest BCUT2D eigenvalue weighted by atomic mass is 16.7. The summed E-state index contributed by atoms with van der Waals surface area (Å²) in [6.45, 7) is -0.766. The van der Waals surface area contributed by atoms with Crippen LogP contribution in [0.2, 0.25) is 0 Å². The lowest BCUT2D eigenvalue weighted by Crippen LogP contribution is -2.60. The van der Waals surface area contributed by atoms with Crippen LogP contribution in [0, 0.1) is 0 Å². The van der Waals surface area contributed by atoms with E-state index in [1.165, 1.54) is 0 Å². The van der Waals surface area contributed by atoms with Crippen LogP contribution < -0.4 is 10.2 Å². The molecule has 1 aliphatic rings. The summed E-state index contributed by atoms with van der Waals surface area (Å²) in [5.74, 6) is -4.74. The van der Waals surface area contributed by atoms with Crippen molar-refractivity contribution in [1.82, 2.24) is 0 Å². The molecule has 182 valence electrons. The Morgan fingerprint density at radius 2 is 1.47 bits per heavy atom. The number of benzene rings is 2. The zero-order valence-corrected chi connectivity index (χ0v) is 17.1. The second kappa shape index (κ2) is 8.55. The van der Waals surface area contributed by atoms with Gasteiger partial charge in [-0.05, 0) is 17.7 Å². The molecule has 0 aliphatic carbocycles. The van der Waals surface area contributed by atoms with Crippen molar-refractivity contribution in [3.8, 4) is 45.6 Å². The molecule has 9 N–H and O–H groups in total. The van der Waals surface area contributed by atoms with E-state index in [0.717, 1.165) is 24.5 Å². The van der Waals surface area contributed by atoms with E-state index >= 15 is 0 Å². The topological polar surface area (TPSA) is 231 Å². The largest absolute Gasteiger partial charge is 0.504 e. The number of aliphatic hydroxyl groups is 4. The molecule has 5 atom stereocenters. The molecule has 1 aliphatic heterocycles. The average Bonchev–Trinajstić information content (AvgIpc) is 2.80. The third-order valence-electron chi connectivity index (χ3n) is 5.44. The van der Waals surface area contributed by atoms with Crippen LogP contribution in [0.3, 0.4) is 0 Å². The molecule has 34 heavy (non-hydrogen) atoms. The number of hydrogen-bond acceptors (Lipinski definition) is 13. The highest BCUT2D eigenvalue weighted by Gasteiger charge is 2.45. The highest BCUT2D eigenvalue weighted by Crippen LogP contribution is 2.44. The third kappa shape index (κ3) is 3.70. The van der Waals surface area contributed by atoms with Crippen molar-refractivity contribution in [2.75, 3.05) is 6.61 Å². The first kappa shape index (κ1) is 23.4.